The molecule has 0 saturated carbocycles. The van der Waals surface area contributed by atoms with Crippen molar-refractivity contribution in [3.63, 3.8) is 0 Å². The molecule has 0 atom stereocenters. The minimum atomic E-state index is 0. The molecule has 0 radical (unpaired) electrons. The Morgan fingerprint density at radius 2 is 0.646 bits per heavy atom. The summed E-state index contributed by atoms with van der Waals surface area (Å²) in [5.41, 5.74) is 22.8. The Kier molecular flexibility index (Phi) is 25.6. The van der Waals surface area contributed by atoms with Crippen LogP contribution >= 0.6 is 0 Å². The van der Waals surface area contributed by atoms with Crippen LogP contribution < -0.4 is 24.8 Å². The third-order valence-electron chi connectivity index (χ3n) is 14.3. The summed E-state index contributed by atoms with van der Waals surface area (Å²) in [4.78, 5) is 0. The molecule has 4 aliphatic rings. The maximum absolute atomic E-state index is 3.67. The molecular formula is C78H80Cl2Hf2-2. The van der Waals surface area contributed by atoms with Crippen LogP contribution in [0.15, 0.2) is 218 Å². The Morgan fingerprint density at radius 3 is 0.878 bits per heavy atom. The molecular weight excluding hydrogens is 1360 g/mol. The average molecular weight is 1450 g/mol. The first kappa shape index (κ1) is 67.6. The molecule has 0 aromatic heterocycles. The van der Waals surface area contributed by atoms with Crippen molar-refractivity contribution in [1.82, 2.24) is 0 Å². The summed E-state index contributed by atoms with van der Waals surface area (Å²) < 4.78 is 2.93. The van der Waals surface area contributed by atoms with Crippen LogP contribution in [0, 0.1) is 24.3 Å². The van der Waals surface area contributed by atoms with E-state index in [2.05, 4.69) is 302 Å². The third-order valence-corrected chi connectivity index (χ3v) is 18.5. The zero-order chi connectivity index (χ0) is 57.5. The summed E-state index contributed by atoms with van der Waals surface area (Å²) in [7, 11) is 0. The molecule has 8 aromatic carbocycles. The van der Waals surface area contributed by atoms with Gasteiger partial charge in [0, 0.05) is 0 Å². The summed E-state index contributed by atoms with van der Waals surface area (Å²) in [6, 6.07) is 72.7. The molecule has 0 aliphatic heterocycles. The molecule has 0 saturated heterocycles. The van der Waals surface area contributed by atoms with Gasteiger partial charge in [0.1, 0.15) is 0 Å². The molecule has 12 rings (SSSR count). The quantitative estimate of drug-likeness (QED) is 0.122. The molecule has 0 amide bonds. The second-order valence-electron chi connectivity index (χ2n) is 24.8. The van der Waals surface area contributed by atoms with E-state index in [1.807, 2.05) is 24.3 Å². The van der Waals surface area contributed by atoms with Crippen molar-refractivity contribution >= 4 is 6.51 Å². The topological polar surface area (TPSA) is 0 Å². The van der Waals surface area contributed by atoms with E-state index in [1.54, 1.807) is 0 Å². The normalized spacial score (nSPS) is 12.7. The summed E-state index contributed by atoms with van der Waals surface area (Å²) in [6.07, 6.45) is 22.1. The molecule has 416 valence electrons. The van der Waals surface area contributed by atoms with Gasteiger partial charge >= 0.3 is 198 Å². The van der Waals surface area contributed by atoms with E-state index in [0.29, 0.717) is 0 Å². The maximum atomic E-state index is 3.67. The van der Waals surface area contributed by atoms with Crippen LogP contribution in [0.1, 0.15) is 163 Å². The van der Waals surface area contributed by atoms with Crippen LogP contribution in [0.4, 0.5) is 0 Å². The minimum absolute atomic E-state index is 0. The molecule has 0 heterocycles. The van der Waals surface area contributed by atoms with Crippen molar-refractivity contribution in [2.75, 3.05) is 0 Å². The average Bonchev–Trinajstić information content (AvgIpc) is 3.95. The van der Waals surface area contributed by atoms with Crippen molar-refractivity contribution in [2.45, 2.75) is 130 Å². The Labute approximate surface area is 536 Å². The first-order chi connectivity index (χ1) is 38.1. The van der Waals surface area contributed by atoms with E-state index < -0.39 is 0 Å². The summed E-state index contributed by atoms with van der Waals surface area (Å²) in [6.45, 7) is 27.2. The zero-order valence-electron chi connectivity index (χ0n) is 50.4. The predicted molar refractivity (Wildman–Crippen MR) is 337 cm³/mol. The second kappa shape index (κ2) is 31.1. The Balaban J connectivity index is 0.000000190. The fraction of sp³-hybridized carbons (Fsp3) is 0.256. The molecule has 0 fully saturated rings. The predicted octanol–water partition coefficient (Wildman–Crippen LogP) is 13.5. The molecule has 4 heteroatoms. The van der Waals surface area contributed by atoms with Crippen molar-refractivity contribution < 1.29 is 72.6 Å². The number of allylic oxidation sites excluding steroid dienone is 8. The number of hydrogen-bond acceptors (Lipinski definition) is 0. The Hall–Kier alpha value is -5.22. The molecule has 82 heavy (non-hydrogen) atoms. The van der Waals surface area contributed by atoms with Gasteiger partial charge in [0.2, 0.25) is 0 Å². The van der Waals surface area contributed by atoms with Gasteiger partial charge < -0.3 is 24.8 Å². The fourth-order valence-electron chi connectivity index (χ4n) is 9.49. The first-order valence-corrected chi connectivity index (χ1v) is 31.9. The number of benzene rings is 8. The van der Waals surface area contributed by atoms with E-state index in [-0.39, 0.29) is 46.5 Å². The number of fused-ring (bicyclic) bond motifs is 6. The standard InChI is InChI=1S/2C21H25.2C13H10.2C5H5.2ClH.2Hf/c2*1-20(2,3)16-7-9-18-14(12-16)11-15-13-17(21(4,5)6)8-10-19(15)18;2*1-3-7-12(8-4-1)11-13-9-5-2-6-10-13;2*1-2-4-5-3-1;;;;/h2*7-10,12H,11H2,1-6H3;2*1-10H;2*1-3H,4H2;2*1H;;/q2*-1;;;2*-1;;;2*+2/p-2. The van der Waals surface area contributed by atoms with E-state index in [9.17, 15) is 0 Å². The van der Waals surface area contributed by atoms with E-state index in [0.717, 1.165) is 73.5 Å². The van der Waals surface area contributed by atoms with Gasteiger partial charge in [0.05, 0.1) is 0 Å². The molecule has 0 spiro atoms. The van der Waals surface area contributed by atoms with Crippen LogP contribution in [0.25, 0.3) is 22.3 Å². The van der Waals surface area contributed by atoms with Crippen molar-refractivity contribution in [3.05, 3.63) is 309 Å². The van der Waals surface area contributed by atoms with Gasteiger partial charge in [0.25, 0.3) is 0 Å². The number of hydrogen-bond donors (Lipinski definition) is 0. The first-order valence-electron chi connectivity index (χ1n) is 28.3. The summed E-state index contributed by atoms with van der Waals surface area (Å²) in [5, 5.41) is 0. The van der Waals surface area contributed by atoms with E-state index in [1.165, 1.54) is 95.5 Å². The molecule has 0 N–H and O–H groups in total. The third kappa shape index (κ3) is 19.4. The monoisotopic (exact) mass is 1450 g/mol. The SMILES string of the molecule is CC(C)(C)c1[c-]c2c(cc1)-c1ccc(C(C)(C)C)cc1C2.CC(C)(C)c1[c-]c2c(cc1)-c1ccc(C(C)(C)C)cc1C2.[C-]1=CC=CC1.[C-]1=CC=CC1.[Cl-].[Cl-].[Hf+2]=[C](c1ccccc1)c1ccccc1.[Hf+2]=[C](c1ccccc1)c1ccccc1. The molecule has 4 aliphatic carbocycles. The van der Waals surface area contributed by atoms with Gasteiger partial charge in [-0.05, 0) is 56.8 Å². The molecule has 0 unspecified atom stereocenters. The Morgan fingerprint density at radius 1 is 0.354 bits per heavy atom. The van der Waals surface area contributed by atoms with Gasteiger partial charge in [-0.3, -0.25) is 12.2 Å². The summed E-state index contributed by atoms with van der Waals surface area (Å²) >= 11 is 2.16. The van der Waals surface area contributed by atoms with Crippen LogP contribution in [0.5, 0.6) is 0 Å². The van der Waals surface area contributed by atoms with Crippen molar-refractivity contribution in [3.8, 4) is 22.3 Å². The van der Waals surface area contributed by atoms with Crippen LogP contribution in [0.3, 0.4) is 0 Å². The van der Waals surface area contributed by atoms with E-state index >= 15 is 0 Å². The van der Waals surface area contributed by atoms with Gasteiger partial charge in [-0.15, -0.1) is 35.1 Å². The molecule has 0 bridgehead atoms. The van der Waals surface area contributed by atoms with Gasteiger partial charge in [0.15, 0.2) is 0 Å². The van der Waals surface area contributed by atoms with Gasteiger partial charge in [-0.2, -0.15) is 59.7 Å². The number of rotatable bonds is 4. The molecule has 0 nitrogen and oxygen atoms in total. The van der Waals surface area contributed by atoms with E-state index in [4.69, 9.17) is 0 Å². The fourth-order valence-corrected chi connectivity index (χ4v) is 11.9. The van der Waals surface area contributed by atoms with Gasteiger partial charge in [-0.1, -0.05) is 131 Å². The van der Waals surface area contributed by atoms with Gasteiger partial charge in [-0.25, -0.2) is 24.3 Å². The van der Waals surface area contributed by atoms with Crippen molar-refractivity contribution in [2.24, 2.45) is 0 Å². The number of halogens is 2. The molecule has 8 aromatic rings. The van der Waals surface area contributed by atoms with Crippen LogP contribution in [-0.4, -0.2) is 6.51 Å². The van der Waals surface area contributed by atoms with Crippen LogP contribution in [0.2, 0.25) is 0 Å². The van der Waals surface area contributed by atoms with Crippen LogP contribution in [-0.2, 0) is 82.3 Å². The summed E-state index contributed by atoms with van der Waals surface area (Å²) in [5.74, 6) is 0. The Bertz CT molecular complexity index is 3000. The second-order valence-corrected chi connectivity index (χ2v) is 28.4. The zero-order valence-corrected chi connectivity index (χ0v) is 59.1. The van der Waals surface area contributed by atoms with Crippen molar-refractivity contribution in [1.29, 1.82) is 0 Å².